The van der Waals surface area contributed by atoms with E-state index in [4.69, 9.17) is 0 Å². The number of aromatic nitrogens is 3. The van der Waals surface area contributed by atoms with E-state index in [0.717, 1.165) is 11.1 Å². The fourth-order valence-corrected chi connectivity index (χ4v) is 5.04. The number of hydrogen-bond donors (Lipinski definition) is 1. The smallest absolute Gasteiger partial charge is 0.290 e. The monoisotopic (exact) mass is 468 g/mol. The SMILES string of the molecule is Cc1nc(-c2ccccc2)sc1C(=O)C1=C(O)C(=O)N(Cc2cccnc2)C1c1ccccn1. The molecule has 1 atom stereocenters. The van der Waals surface area contributed by atoms with E-state index in [0.29, 0.717) is 21.3 Å². The molecule has 0 fully saturated rings. The lowest BCUT2D eigenvalue weighted by Crippen LogP contribution is -2.31. The number of hydrogen-bond acceptors (Lipinski definition) is 7. The van der Waals surface area contributed by atoms with Crippen molar-refractivity contribution in [3.05, 3.63) is 112 Å². The number of Topliss-reactive ketones (excluding diaryl/α,β-unsaturated/α-hetero) is 1. The molecule has 0 spiro atoms. The summed E-state index contributed by atoms with van der Waals surface area (Å²) in [6.07, 6.45) is 4.90. The highest BCUT2D eigenvalue weighted by Gasteiger charge is 2.45. The van der Waals surface area contributed by atoms with Gasteiger partial charge in [0.25, 0.3) is 5.91 Å². The number of thiazole rings is 1. The Morgan fingerprint density at radius 2 is 1.85 bits per heavy atom. The van der Waals surface area contributed by atoms with Gasteiger partial charge in [-0.2, -0.15) is 0 Å². The van der Waals surface area contributed by atoms with Gasteiger partial charge in [-0.25, -0.2) is 4.98 Å². The zero-order chi connectivity index (χ0) is 23.7. The maximum absolute atomic E-state index is 13.8. The van der Waals surface area contributed by atoms with Crippen LogP contribution in [0.4, 0.5) is 0 Å². The summed E-state index contributed by atoms with van der Waals surface area (Å²) in [5.41, 5.74) is 2.73. The third-order valence-electron chi connectivity index (χ3n) is 5.62. The van der Waals surface area contributed by atoms with Gasteiger partial charge in [-0.05, 0) is 30.7 Å². The van der Waals surface area contributed by atoms with Crippen molar-refractivity contribution in [2.45, 2.75) is 19.5 Å². The molecule has 8 heteroatoms. The first-order chi connectivity index (χ1) is 16.5. The fourth-order valence-electron chi connectivity index (χ4n) is 4.02. The minimum absolute atomic E-state index is 0.0129. The standard InChI is InChI=1S/C26H20N4O3S/c1-16-24(34-25(29-16)18-9-3-2-4-10-18)22(31)20-21(19-11-5-6-13-28-19)30(26(33)23(20)32)15-17-8-7-12-27-14-17/h2-14,21,32H,15H2,1H3. The molecular formula is C26H20N4O3S. The number of pyridine rings is 2. The second-order valence-corrected chi connectivity index (χ2v) is 8.84. The molecule has 0 aliphatic carbocycles. The van der Waals surface area contributed by atoms with Crippen LogP contribution in [0.1, 0.15) is 32.7 Å². The van der Waals surface area contributed by atoms with Gasteiger partial charge in [-0.1, -0.05) is 42.5 Å². The molecule has 4 heterocycles. The molecule has 4 aromatic rings. The molecule has 168 valence electrons. The molecule has 0 saturated carbocycles. The summed E-state index contributed by atoms with van der Waals surface area (Å²) in [6.45, 7) is 1.93. The Kier molecular flexibility index (Phi) is 5.73. The average Bonchev–Trinajstić information content (AvgIpc) is 3.38. The van der Waals surface area contributed by atoms with E-state index in [2.05, 4.69) is 15.0 Å². The molecule has 3 aromatic heterocycles. The molecule has 1 unspecified atom stereocenters. The zero-order valence-corrected chi connectivity index (χ0v) is 19.1. The van der Waals surface area contributed by atoms with Gasteiger partial charge >= 0.3 is 0 Å². The molecule has 1 aliphatic heterocycles. The highest BCUT2D eigenvalue weighted by molar-refractivity contribution is 7.17. The van der Waals surface area contributed by atoms with E-state index >= 15 is 0 Å². The quantitative estimate of drug-likeness (QED) is 0.413. The number of carbonyl (C=O) groups excluding carboxylic acids is 2. The van der Waals surface area contributed by atoms with Gasteiger partial charge in [-0.3, -0.25) is 19.6 Å². The minimum atomic E-state index is -0.830. The van der Waals surface area contributed by atoms with Crippen molar-refractivity contribution < 1.29 is 14.7 Å². The molecule has 1 amide bonds. The topological polar surface area (TPSA) is 96.3 Å². The van der Waals surface area contributed by atoms with Gasteiger partial charge in [-0.15, -0.1) is 11.3 Å². The van der Waals surface area contributed by atoms with Gasteiger partial charge in [0.05, 0.1) is 21.8 Å². The van der Waals surface area contributed by atoms with Crippen molar-refractivity contribution >= 4 is 23.0 Å². The van der Waals surface area contributed by atoms with Gasteiger partial charge in [0.2, 0.25) is 5.78 Å². The van der Waals surface area contributed by atoms with E-state index < -0.39 is 23.5 Å². The summed E-state index contributed by atoms with van der Waals surface area (Å²) in [5.74, 6) is -1.60. The van der Waals surface area contributed by atoms with Crippen LogP contribution in [0.2, 0.25) is 0 Å². The number of nitrogens with zero attached hydrogens (tertiary/aromatic N) is 4. The Balaban J connectivity index is 1.57. The lowest BCUT2D eigenvalue weighted by atomic mass is 9.98. The van der Waals surface area contributed by atoms with Gasteiger partial charge in [0.1, 0.15) is 11.0 Å². The predicted molar refractivity (Wildman–Crippen MR) is 128 cm³/mol. The number of aliphatic hydroxyl groups excluding tert-OH is 1. The minimum Gasteiger partial charge on any atom is -0.503 e. The maximum Gasteiger partial charge on any atom is 0.290 e. The number of aliphatic hydroxyl groups is 1. The van der Waals surface area contributed by atoms with E-state index in [1.807, 2.05) is 36.4 Å². The molecule has 0 bridgehead atoms. The van der Waals surface area contributed by atoms with Crippen molar-refractivity contribution in [2.75, 3.05) is 0 Å². The summed E-state index contributed by atoms with van der Waals surface area (Å²) in [7, 11) is 0. The van der Waals surface area contributed by atoms with Crippen molar-refractivity contribution in [3.63, 3.8) is 0 Å². The van der Waals surface area contributed by atoms with E-state index in [1.165, 1.54) is 16.2 Å². The van der Waals surface area contributed by atoms with Crippen LogP contribution in [-0.4, -0.2) is 36.6 Å². The van der Waals surface area contributed by atoms with Crippen LogP contribution in [0.25, 0.3) is 10.6 Å². The normalized spacial score (nSPS) is 15.7. The number of aryl methyl sites for hydroxylation is 1. The van der Waals surface area contributed by atoms with E-state index in [1.54, 1.807) is 49.8 Å². The molecule has 0 saturated heterocycles. The van der Waals surface area contributed by atoms with Crippen molar-refractivity contribution in [2.24, 2.45) is 0 Å². The van der Waals surface area contributed by atoms with Crippen LogP contribution in [0.3, 0.4) is 0 Å². The first-order valence-electron chi connectivity index (χ1n) is 10.7. The molecule has 34 heavy (non-hydrogen) atoms. The highest BCUT2D eigenvalue weighted by atomic mass is 32.1. The van der Waals surface area contributed by atoms with Gasteiger partial charge < -0.3 is 10.0 Å². The lowest BCUT2D eigenvalue weighted by Gasteiger charge is -2.25. The highest BCUT2D eigenvalue weighted by Crippen LogP contribution is 2.41. The summed E-state index contributed by atoms with van der Waals surface area (Å²) in [4.78, 5) is 41.9. The summed E-state index contributed by atoms with van der Waals surface area (Å²) >= 11 is 1.25. The lowest BCUT2D eigenvalue weighted by molar-refractivity contribution is -0.130. The zero-order valence-electron chi connectivity index (χ0n) is 18.3. The van der Waals surface area contributed by atoms with Gasteiger partial charge in [0.15, 0.2) is 5.76 Å². The number of rotatable bonds is 6. The summed E-state index contributed by atoms with van der Waals surface area (Å²) in [6, 6.07) is 17.7. The number of benzene rings is 1. The van der Waals surface area contributed by atoms with Crippen LogP contribution in [0.5, 0.6) is 0 Å². The molecule has 1 N–H and O–H groups in total. The molecular weight excluding hydrogens is 448 g/mol. The maximum atomic E-state index is 13.8. The largest absolute Gasteiger partial charge is 0.503 e. The number of ketones is 1. The molecule has 0 radical (unpaired) electrons. The third kappa shape index (κ3) is 3.88. The Bertz CT molecular complexity index is 1390. The number of amides is 1. The van der Waals surface area contributed by atoms with E-state index in [-0.39, 0.29) is 12.1 Å². The summed E-state index contributed by atoms with van der Waals surface area (Å²) in [5, 5.41) is 11.6. The second-order valence-electron chi connectivity index (χ2n) is 7.84. The first kappa shape index (κ1) is 21.7. The van der Waals surface area contributed by atoms with E-state index in [9.17, 15) is 14.7 Å². The first-order valence-corrected chi connectivity index (χ1v) is 11.5. The Morgan fingerprint density at radius 1 is 1.06 bits per heavy atom. The van der Waals surface area contributed by atoms with Crippen molar-refractivity contribution in [1.29, 1.82) is 0 Å². The van der Waals surface area contributed by atoms with Crippen LogP contribution in [0.15, 0.2) is 90.6 Å². The molecule has 7 nitrogen and oxygen atoms in total. The molecule has 1 aliphatic rings. The molecule has 5 rings (SSSR count). The van der Waals surface area contributed by atoms with Crippen molar-refractivity contribution in [3.8, 4) is 10.6 Å². The third-order valence-corrected chi connectivity index (χ3v) is 6.82. The Morgan fingerprint density at radius 3 is 2.56 bits per heavy atom. The Hall–Kier alpha value is -4.17. The summed E-state index contributed by atoms with van der Waals surface area (Å²) < 4.78 is 0. The van der Waals surface area contributed by atoms with Crippen LogP contribution in [-0.2, 0) is 11.3 Å². The van der Waals surface area contributed by atoms with Gasteiger partial charge in [0, 0.05) is 30.7 Å². The molecule has 1 aromatic carbocycles. The fraction of sp³-hybridized carbons (Fsp3) is 0.115. The van der Waals surface area contributed by atoms with Crippen molar-refractivity contribution in [1.82, 2.24) is 19.9 Å². The predicted octanol–water partition coefficient (Wildman–Crippen LogP) is 4.69. The van der Waals surface area contributed by atoms with Crippen LogP contribution in [0, 0.1) is 6.92 Å². The Labute approximate surface area is 200 Å². The van der Waals surface area contributed by atoms with Crippen LogP contribution >= 0.6 is 11.3 Å². The number of carbonyl (C=O) groups is 2. The van der Waals surface area contributed by atoms with Crippen LogP contribution < -0.4 is 0 Å². The average molecular weight is 469 g/mol. The second kappa shape index (κ2) is 8.99.